The highest BCUT2D eigenvalue weighted by Gasteiger charge is 2.38. The third kappa shape index (κ3) is 4.15. The van der Waals surface area contributed by atoms with Crippen molar-refractivity contribution in [2.75, 3.05) is 13.2 Å². The van der Waals surface area contributed by atoms with Gasteiger partial charge in [0.1, 0.15) is 0 Å². The Bertz CT molecular complexity index is 629. The van der Waals surface area contributed by atoms with Gasteiger partial charge in [0.05, 0.1) is 17.7 Å². The van der Waals surface area contributed by atoms with Crippen molar-refractivity contribution in [3.63, 3.8) is 0 Å². The molecule has 2 aliphatic rings. The monoisotopic (exact) mass is 359 g/mol. The van der Waals surface area contributed by atoms with E-state index in [-0.39, 0.29) is 29.6 Å². The number of benzene rings is 1. The van der Waals surface area contributed by atoms with Crippen LogP contribution in [-0.2, 0) is 9.47 Å². The molecule has 2 aliphatic heterocycles. The molecule has 3 rings (SSSR count). The van der Waals surface area contributed by atoms with Crippen molar-refractivity contribution in [2.45, 2.75) is 65.2 Å². The Morgan fingerprint density at radius 3 is 2.42 bits per heavy atom. The number of hydrogen-bond acceptors (Lipinski definition) is 4. The zero-order valence-corrected chi connectivity index (χ0v) is 16.0. The molecule has 0 aliphatic carbocycles. The first-order valence-corrected chi connectivity index (χ1v) is 9.59. The van der Waals surface area contributed by atoms with Gasteiger partial charge in [-0.05, 0) is 56.6 Å². The second-order valence-electron chi connectivity index (χ2n) is 8.18. The molecule has 0 aromatic heterocycles. The Morgan fingerprint density at radius 2 is 1.85 bits per heavy atom. The van der Waals surface area contributed by atoms with Gasteiger partial charge in [-0.2, -0.15) is 0 Å². The van der Waals surface area contributed by atoms with Crippen molar-refractivity contribution in [1.29, 1.82) is 0 Å². The highest BCUT2D eigenvalue weighted by Crippen LogP contribution is 2.30. The summed E-state index contributed by atoms with van der Waals surface area (Å²) >= 11 is 0. The molecule has 2 heterocycles. The van der Waals surface area contributed by atoms with Gasteiger partial charge >= 0.3 is 0 Å². The number of nitrogens with zero attached hydrogens (tertiary/aromatic N) is 1. The van der Waals surface area contributed by atoms with Gasteiger partial charge in [0.2, 0.25) is 0 Å². The molecule has 1 fully saturated rings. The molecule has 142 valence electrons. The molecular formula is C21H29NO4. The summed E-state index contributed by atoms with van der Waals surface area (Å²) in [4.78, 5) is 26.5. The van der Waals surface area contributed by atoms with Crippen LogP contribution in [-0.4, -0.2) is 42.3 Å². The predicted molar refractivity (Wildman–Crippen MR) is 99.0 cm³/mol. The first kappa shape index (κ1) is 19.1. The first-order valence-electron chi connectivity index (χ1n) is 9.59. The van der Waals surface area contributed by atoms with Gasteiger partial charge < -0.3 is 9.47 Å². The van der Waals surface area contributed by atoms with E-state index in [0.29, 0.717) is 17.7 Å². The van der Waals surface area contributed by atoms with E-state index in [1.165, 1.54) is 4.90 Å². The lowest BCUT2D eigenvalue weighted by Crippen LogP contribution is -2.39. The molecule has 1 aromatic rings. The van der Waals surface area contributed by atoms with Gasteiger partial charge in [0.25, 0.3) is 11.8 Å². The Morgan fingerprint density at radius 1 is 1.19 bits per heavy atom. The Labute approximate surface area is 155 Å². The molecule has 2 atom stereocenters. The summed E-state index contributed by atoms with van der Waals surface area (Å²) in [6, 6.07) is 6.92. The van der Waals surface area contributed by atoms with E-state index in [0.717, 1.165) is 38.7 Å². The number of imide groups is 1. The van der Waals surface area contributed by atoms with Crippen LogP contribution < -0.4 is 0 Å². The second kappa shape index (κ2) is 7.89. The van der Waals surface area contributed by atoms with E-state index in [2.05, 4.69) is 13.8 Å². The van der Waals surface area contributed by atoms with Crippen molar-refractivity contribution in [3.8, 4) is 0 Å². The molecule has 0 N–H and O–H groups in total. The summed E-state index contributed by atoms with van der Waals surface area (Å²) in [7, 11) is 0. The van der Waals surface area contributed by atoms with Gasteiger partial charge in [-0.15, -0.1) is 0 Å². The average Bonchev–Trinajstić information content (AvgIpc) is 2.90. The van der Waals surface area contributed by atoms with E-state index >= 15 is 0 Å². The van der Waals surface area contributed by atoms with E-state index < -0.39 is 0 Å². The molecule has 2 amide bonds. The molecule has 1 saturated heterocycles. The van der Waals surface area contributed by atoms with Gasteiger partial charge in [-0.25, -0.2) is 0 Å². The molecule has 0 radical (unpaired) electrons. The lowest BCUT2D eigenvalue weighted by atomic mass is 9.87. The third-order valence-corrected chi connectivity index (χ3v) is 5.30. The maximum Gasteiger partial charge on any atom is 0.261 e. The number of rotatable bonds is 7. The van der Waals surface area contributed by atoms with Crippen molar-refractivity contribution in [2.24, 2.45) is 5.41 Å². The van der Waals surface area contributed by atoms with E-state index in [4.69, 9.17) is 9.47 Å². The van der Waals surface area contributed by atoms with Crippen molar-refractivity contribution < 1.29 is 19.1 Å². The molecule has 2 unspecified atom stereocenters. The Kier molecular flexibility index (Phi) is 5.78. The Hall–Kier alpha value is -1.72. The molecule has 1 aromatic carbocycles. The molecule has 5 nitrogen and oxygen atoms in total. The molecule has 0 saturated carbocycles. The van der Waals surface area contributed by atoms with Crippen LogP contribution in [0.3, 0.4) is 0 Å². The fourth-order valence-corrected chi connectivity index (χ4v) is 3.57. The lowest BCUT2D eigenvalue weighted by molar-refractivity contribution is -0.176. The highest BCUT2D eigenvalue weighted by atomic mass is 16.7. The maximum atomic E-state index is 12.6. The summed E-state index contributed by atoms with van der Waals surface area (Å²) < 4.78 is 11.6. The fourth-order valence-electron chi connectivity index (χ4n) is 3.57. The van der Waals surface area contributed by atoms with Crippen molar-refractivity contribution >= 4 is 11.8 Å². The number of ether oxygens (including phenoxy) is 2. The summed E-state index contributed by atoms with van der Waals surface area (Å²) in [5.41, 5.74) is 0.996. The van der Waals surface area contributed by atoms with Crippen LogP contribution in [0, 0.1) is 5.41 Å². The number of carbonyl (C=O) groups is 2. The van der Waals surface area contributed by atoms with Crippen LogP contribution in [0.1, 0.15) is 73.6 Å². The highest BCUT2D eigenvalue weighted by molar-refractivity contribution is 6.21. The number of fused-ring (bicyclic) bond motifs is 1. The minimum absolute atomic E-state index is 0.0340. The number of carbonyl (C=O) groups excluding carboxylic acids is 2. The average molecular weight is 359 g/mol. The normalized spacial score (nSPS) is 21.8. The summed E-state index contributed by atoms with van der Waals surface area (Å²) in [5.74, 6) is -0.356. The van der Waals surface area contributed by atoms with E-state index in [1.54, 1.807) is 24.3 Å². The Balaban J connectivity index is 1.52. The summed E-state index contributed by atoms with van der Waals surface area (Å²) in [6.45, 7) is 7.66. The molecule has 0 bridgehead atoms. The van der Waals surface area contributed by atoms with Gasteiger partial charge in [-0.3, -0.25) is 14.5 Å². The van der Waals surface area contributed by atoms with Crippen LogP contribution in [0.2, 0.25) is 0 Å². The standard InChI is InChI=1S/C21H29NO4/c1-15(22-19(23)16-8-4-5-9-17(16)20(22)24)11-12-21(2,3)14-26-18-10-6-7-13-25-18/h4-5,8-9,15,18H,6-7,10-14H2,1-3H3. The van der Waals surface area contributed by atoms with Crippen molar-refractivity contribution in [1.82, 2.24) is 4.90 Å². The van der Waals surface area contributed by atoms with E-state index in [9.17, 15) is 9.59 Å². The fraction of sp³-hybridized carbons (Fsp3) is 0.619. The largest absolute Gasteiger partial charge is 0.353 e. The minimum atomic E-state index is -0.178. The molecule has 26 heavy (non-hydrogen) atoms. The quantitative estimate of drug-likeness (QED) is 0.690. The summed E-state index contributed by atoms with van der Waals surface area (Å²) in [6.07, 6.45) is 4.77. The number of hydrogen-bond donors (Lipinski definition) is 0. The third-order valence-electron chi connectivity index (χ3n) is 5.30. The predicted octanol–water partition coefficient (Wildman–Crippen LogP) is 4.02. The van der Waals surface area contributed by atoms with Crippen LogP contribution in [0.25, 0.3) is 0 Å². The zero-order chi connectivity index (χ0) is 18.7. The van der Waals surface area contributed by atoms with Crippen LogP contribution in [0.15, 0.2) is 24.3 Å². The topological polar surface area (TPSA) is 55.8 Å². The first-order chi connectivity index (χ1) is 12.4. The van der Waals surface area contributed by atoms with E-state index in [1.807, 2.05) is 6.92 Å². The molecule has 0 spiro atoms. The minimum Gasteiger partial charge on any atom is -0.353 e. The van der Waals surface area contributed by atoms with Crippen LogP contribution >= 0.6 is 0 Å². The van der Waals surface area contributed by atoms with Gasteiger partial charge in [0.15, 0.2) is 6.29 Å². The van der Waals surface area contributed by atoms with Crippen molar-refractivity contribution in [3.05, 3.63) is 35.4 Å². The second-order valence-corrected chi connectivity index (χ2v) is 8.18. The lowest BCUT2D eigenvalue weighted by Gasteiger charge is -2.31. The smallest absolute Gasteiger partial charge is 0.261 e. The summed E-state index contributed by atoms with van der Waals surface area (Å²) in [5, 5.41) is 0. The maximum absolute atomic E-state index is 12.6. The molecule has 5 heteroatoms. The van der Waals surface area contributed by atoms with Crippen LogP contribution in [0.5, 0.6) is 0 Å². The molecular weight excluding hydrogens is 330 g/mol. The van der Waals surface area contributed by atoms with Gasteiger partial charge in [0, 0.05) is 12.6 Å². The number of amides is 2. The van der Waals surface area contributed by atoms with Gasteiger partial charge in [-0.1, -0.05) is 26.0 Å². The SMILES string of the molecule is CC(CCC(C)(C)COC1CCCCO1)N1C(=O)c2ccccc2C1=O. The van der Waals surface area contributed by atoms with Crippen LogP contribution in [0.4, 0.5) is 0 Å². The zero-order valence-electron chi connectivity index (χ0n) is 16.0.